The van der Waals surface area contributed by atoms with Crippen LogP contribution >= 0.6 is 15.9 Å². The number of nitrogens with one attached hydrogen (secondary N) is 1. The molecule has 0 spiro atoms. The molecule has 0 saturated heterocycles. The normalized spacial score (nSPS) is 12.0. The second-order valence-corrected chi connectivity index (χ2v) is 5.99. The molecule has 2 aromatic rings. The van der Waals surface area contributed by atoms with Gasteiger partial charge in [-0.15, -0.1) is 0 Å². The maximum absolute atomic E-state index is 12.4. The molecule has 0 saturated carbocycles. The van der Waals surface area contributed by atoms with Crippen LogP contribution in [0.5, 0.6) is 0 Å². The van der Waals surface area contributed by atoms with Crippen LogP contribution in [0.3, 0.4) is 0 Å². The molecule has 1 aromatic heterocycles. The van der Waals surface area contributed by atoms with Gasteiger partial charge in [0, 0.05) is 22.4 Å². The molecule has 0 bridgehead atoms. The van der Waals surface area contributed by atoms with Crippen molar-refractivity contribution in [3.63, 3.8) is 0 Å². The van der Waals surface area contributed by atoms with E-state index in [-0.39, 0.29) is 11.5 Å². The number of anilines is 1. The summed E-state index contributed by atoms with van der Waals surface area (Å²) in [4.78, 5) is 24.2. The number of hydrogen-bond donors (Lipinski definition) is 1. The summed E-state index contributed by atoms with van der Waals surface area (Å²) in [5.74, 6) is -0.219. The Hall–Kier alpha value is -1.88. The molecule has 1 unspecified atom stereocenters. The fourth-order valence-electron chi connectivity index (χ4n) is 2.01. The van der Waals surface area contributed by atoms with Crippen LogP contribution in [0.2, 0.25) is 0 Å². The van der Waals surface area contributed by atoms with Crippen molar-refractivity contribution in [3.8, 4) is 0 Å². The van der Waals surface area contributed by atoms with Crippen LogP contribution in [0, 0.1) is 13.8 Å². The van der Waals surface area contributed by atoms with Crippen LogP contribution in [0.15, 0.2) is 45.8 Å². The van der Waals surface area contributed by atoms with Crippen molar-refractivity contribution >= 4 is 27.5 Å². The largest absolute Gasteiger partial charge is 0.324 e. The number of halogens is 1. The third-order valence-electron chi connectivity index (χ3n) is 3.35. The molecule has 110 valence electrons. The molecule has 0 fully saturated rings. The number of pyridine rings is 1. The average molecular weight is 349 g/mol. The van der Waals surface area contributed by atoms with Gasteiger partial charge in [-0.05, 0) is 60.0 Å². The van der Waals surface area contributed by atoms with E-state index in [1.54, 1.807) is 19.2 Å². The molecule has 4 nitrogen and oxygen atoms in total. The molecule has 0 aliphatic heterocycles. The molecule has 1 amide bonds. The number of carbonyl (C=O) groups excluding carboxylic acids is 1. The highest BCUT2D eigenvalue weighted by Gasteiger charge is 2.17. The Morgan fingerprint density at radius 1 is 1.24 bits per heavy atom. The minimum absolute atomic E-state index is 0.207. The standard InChI is InChI=1S/C16H17BrN2O2/c1-10-4-5-11(2)14(8-10)18-16(21)12(3)19-9-13(17)6-7-15(19)20/h4-9,12H,1-3H3,(H,18,21). The SMILES string of the molecule is Cc1ccc(C)c(NC(=O)C(C)n2cc(Br)ccc2=O)c1. The Bertz CT molecular complexity index is 737. The summed E-state index contributed by atoms with van der Waals surface area (Å²) in [6, 6.07) is 8.38. The predicted molar refractivity (Wildman–Crippen MR) is 87.7 cm³/mol. The monoisotopic (exact) mass is 348 g/mol. The van der Waals surface area contributed by atoms with E-state index in [4.69, 9.17) is 0 Å². The Kier molecular flexibility index (Phi) is 4.63. The number of hydrogen-bond acceptors (Lipinski definition) is 2. The molecular formula is C16H17BrN2O2. The third-order valence-corrected chi connectivity index (χ3v) is 3.82. The van der Waals surface area contributed by atoms with Gasteiger partial charge < -0.3 is 9.88 Å². The van der Waals surface area contributed by atoms with E-state index < -0.39 is 6.04 Å². The number of benzene rings is 1. The number of nitrogens with zero attached hydrogens (tertiary/aromatic N) is 1. The van der Waals surface area contributed by atoms with Gasteiger partial charge in [0.1, 0.15) is 6.04 Å². The Morgan fingerprint density at radius 2 is 1.95 bits per heavy atom. The van der Waals surface area contributed by atoms with Gasteiger partial charge >= 0.3 is 0 Å². The van der Waals surface area contributed by atoms with Crippen molar-refractivity contribution in [2.24, 2.45) is 0 Å². The second-order valence-electron chi connectivity index (χ2n) is 5.08. The highest BCUT2D eigenvalue weighted by Crippen LogP contribution is 2.18. The van der Waals surface area contributed by atoms with E-state index in [0.29, 0.717) is 0 Å². The topological polar surface area (TPSA) is 51.1 Å². The lowest BCUT2D eigenvalue weighted by Crippen LogP contribution is -2.31. The van der Waals surface area contributed by atoms with Gasteiger partial charge in [0.2, 0.25) is 5.91 Å². The first-order chi connectivity index (χ1) is 9.88. The minimum Gasteiger partial charge on any atom is -0.324 e. The van der Waals surface area contributed by atoms with Crippen LogP contribution in [0.1, 0.15) is 24.1 Å². The summed E-state index contributed by atoms with van der Waals surface area (Å²) >= 11 is 3.31. The lowest BCUT2D eigenvalue weighted by atomic mass is 10.1. The Labute approximate surface area is 131 Å². The molecule has 0 aliphatic carbocycles. The van der Waals surface area contributed by atoms with Crippen molar-refractivity contribution in [3.05, 3.63) is 62.5 Å². The van der Waals surface area contributed by atoms with Crippen LogP contribution in [-0.4, -0.2) is 10.5 Å². The van der Waals surface area contributed by atoms with Crippen molar-refractivity contribution in [2.75, 3.05) is 5.32 Å². The maximum Gasteiger partial charge on any atom is 0.251 e. The van der Waals surface area contributed by atoms with E-state index in [2.05, 4.69) is 21.2 Å². The van der Waals surface area contributed by atoms with Gasteiger partial charge in [-0.25, -0.2) is 0 Å². The molecule has 5 heteroatoms. The van der Waals surface area contributed by atoms with E-state index >= 15 is 0 Å². The number of carbonyl (C=O) groups is 1. The van der Waals surface area contributed by atoms with E-state index in [1.165, 1.54) is 10.6 Å². The first-order valence-corrected chi connectivity index (χ1v) is 7.43. The zero-order valence-corrected chi connectivity index (χ0v) is 13.8. The molecule has 1 aromatic carbocycles. The quantitative estimate of drug-likeness (QED) is 0.923. The van der Waals surface area contributed by atoms with E-state index in [9.17, 15) is 9.59 Å². The van der Waals surface area contributed by atoms with Crippen LogP contribution in [0.25, 0.3) is 0 Å². The summed E-state index contributed by atoms with van der Waals surface area (Å²) in [5, 5.41) is 2.88. The first-order valence-electron chi connectivity index (χ1n) is 6.64. The number of rotatable bonds is 3. The van der Waals surface area contributed by atoms with Gasteiger partial charge in [-0.3, -0.25) is 9.59 Å². The molecule has 0 radical (unpaired) electrons. The summed E-state index contributed by atoms with van der Waals surface area (Å²) in [6.45, 7) is 5.61. The van der Waals surface area contributed by atoms with Gasteiger partial charge in [-0.2, -0.15) is 0 Å². The van der Waals surface area contributed by atoms with Crippen molar-refractivity contribution in [2.45, 2.75) is 26.8 Å². The van der Waals surface area contributed by atoms with Crippen molar-refractivity contribution in [1.29, 1.82) is 0 Å². The minimum atomic E-state index is -0.588. The highest BCUT2D eigenvalue weighted by atomic mass is 79.9. The molecule has 1 N–H and O–H groups in total. The summed E-state index contributed by atoms with van der Waals surface area (Å²) in [5.41, 5.74) is 2.63. The van der Waals surface area contributed by atoms with E-state index in [0.717, 1.165) is 21.3 Å². The van der Waals surface area contributed by atoms with Crippen LogP contribution in [-0.2, 0) is 4.79 Å². The van der Waals surface area contributed by atoms with Crippen LogP contribution < -0.4 is 10.9 Å². The number of aromatic nitrogens is 1. The van der Waals surface area contributed by atoms with Crippen molar-refractivity contribution in [1.82, 2.24) is 4.57 Å². The van der Waals surface area contributed by atoms with Crippen molar-refractivity contribution < 1.29 is 4.79 Å². The summed E-state index contributed by atoms with van der Waals surface area (Å²) in [6.07, 6.45) is 1.62. The molecular weight excluding hydrogens is 332 g/mol. The zero-order valence-electron chi connectivity index (χ0n) is 12.2. The lowest BCUT2D eigenvalue weighted by molar-refractivity contribution is -0.118. The fourth-order valence-corrected chi connectivity index (χ4v) is 2.37. The molecule has 0 aliphatic rings. The van der Waals surface area contributed by atoms with Gasteiger partial charge in [0.05, 0.1) is 0 Å². The van der Waals surface area contributed by atoms with Gasteiger partial charge in [0.25, 0.3) is 5.56 Å². The number of aryl methyl sites for hydroxylation is 2. The fraction of sp³-hybridized carbons (Fsp3) is 0.250. The lowest BCUT2D eigenvalue weighted by Gasteiger charge is -2.16. The highest BCUT2D eigenvalue weighted by molar-refractivity contribution is 9.10. The third kappa shape index (κ3) is 3.61. The average Bonchev–Trinajstić information content (AvgIpc) is 2.44. The maximum atomic E-state index is 12.4. The molecule has 21 heavy (non-hydrogen) atoms. The smallest absolute Gasteiger partial charge is 0.251 e. The Balaban J connectivity index is 2.25. The number of amides is 1. The van der Waals surface area contributed by atoms with E-state index in [1.807, 2.05) is 32.0 Å². The molecule has 1 atom stereocenters. The predicted octanol–water partition coefficient (Wildman–Crippen LogP) is 3.43. The zero-order chi connectivity index (χ0) is 15.6. The van der Waals surface area contributed by atoms with Gasteiger partial charge in [0.15, 0.2) is 0 Å². The second kappa shape index (κ2) is 6.26. The first kappa shape index (κ1) is 15.5. The molecule has 2 rings (SSSR count). The van der Waals surface area contributed by atoms with Crippen LogP contribution in [0.4, 0.5) is 5.69 Å². The summed E-state index contributed by atoms with van der Waals surface area (Å²) < 4.78 is 2.17. The Morgan fingerprint density at radius 3 is 2.67 bits per heavy atom. The van der Waals surface area contributed by atoms with Gasteiger partial charge in [-0.1, -0.05) is 12.1 Å². The molecule has 1 heterocycles. The summed E-state index contributed by atoms with van der Waals surface area (Å²) in [7, 11) is 0.